The predicted octanol–water partition coefficient (Wildman–Crippen LogP) is 2.48. The molecular formula is C16H26Si2Ti. The van der Waals surface area contributed by atoms with Gasteiger partial charge < -0.3 is 0 Å². The number of hydrogen-bond donors (Lipinski definition) is 0. The van der Waals surface area contributed by atoms with Crippen molar-refractivity contribution < 1.29 is 21.7 Å². The predicted molar refractivity (Wildman–Crippen MR) is 89.0 cm³/mol. The molecule has 0 nitrogen and oxygen atoms in total. The summed E-state index contributed by atoms with van der Waals surface area (Å²) in [6, 6.07) is 0. The molecule has 0 N–H and O–H groups in total. The first-order valence-corrected chi connectivity index (χ1v) is 9.12. The van der Waals surface area contributed by atoms with Gasteiger partial charge in [-0.3, -0.25) is 12.2 Å². The van der Waals surface area contributed by atoms with Gasteiger partial charge in [0.1, 0.15) is 0 Å². The van der Waals surface area contributed by atoms with Crippen molar-refractivity contribution in [2.45, 2.75) is 52.6 Å². The van der Waals surface area contributed by atoms with Gasteiger partial charge in [-0.05, 0) is 20.5 Å². The standard InChI is InChI=1S/2C8H13Si.Ti/c2*1-5-4-8(9)7(3)6(5)2;/h2*8H,1-3,9H3;/q2*-1;+2. The van der Waals surface area contributed by atoms with Crippen LogP contribution in [0.2, 0.25) is 11.1 Å². The molecule has 0 heterocycles. The molecule has 0 saturated carbocycles. The third-order valence-corrected chi connectivity index (χ3v) is 6.78. The summed E-state index contributed by atoms with van der Waals surface area (Å²) >= 11 is 0. The fraction of sp³-hybridized carbons (Fsp3) is 0.500. The van der Waals surface area contributed by atoms with E-state index in [-0.39, 0.29) is 21.7 Å². The third kappa shape index (κ3) is 4.56. The molecule has 2 aliphatic rings. The second-order valence-electron chi connectivity index (χ2n) is 5.60. The van der Waals surface area contributed by atoms with Gasteiger partial charge in [-0.1, -0.05) is 27.7 Å². The second kappa shape index (κ2) is 7.78. The largest absolute Gasteiger partial charge is 2.00 e. The van der Waals surface area contributed by atoms with Gasteiger partial charge in [0.05, 0.1) is 0 Å². The molecule has 0 amide bonds. The quantitative estimate of drug-likeness (QED) is 0.475. The van der Waals surface area contributed by atoms with Crippen LogP contribution in [0, 0.1) is 12.2 Å². The van der Waals surface area contributed by atoms with Gasteiger partial charge in [-0.2, -0.15) is 22.3 Å². The summed E-state index contributed by atoms with van der Waals surface area (Å²) in [5, 5.41) is 0. The molecule has 2 atom stereocenters. The van der Waals surface area contributed by atoms with Crippen molar-refractivity contribution in [2.24, 2.45) is 0 Å². The van der Waals surface area contributed by atoms with E-state index in [9.17, 15) is 0 Å². The van der Waals surface area contributed by atoms with Crippen LogP contribution in [0.15, 0.2) is 33.4 Å². The van der Waals surface area contributed by atoms with Crippen LogP contribution in [0.3, 0.4) is 0 Å². The van der Waals surface area contributed by atoms with Crippen molar-refractivity contribution in [2.75, 3.05) is 0 Å². The zero-order valence-corrected chi connectivity index (χ0v) is 19.2. The van der Waals surface area contributed by atoms with Crippen LogP contribution in [0.1, 0.15) is 41.5 Å². The molecule has 3 heteroatoms. The molecule has 0 aromatic carbocycles. The van der Waals surface area contributed by atoms with Gasteiger partial charge in [-0.15, -0.1) is 24.9 Å². The van der Waals surface area contributed by atoms with Crippen LogP contribution >= 0.6 is 0 Å². The summed E-state index contributed by atoms with van der Waals surface area (Å²) in [7, 11) is 2.45. The van der Waals surface area contributed by atoms with Gasteiger partial charge in [0.25, 0.3) is 0 Å². The second-order valence-corrected chi connectivity index (χ2v) is 7.91. The Labute approximate surface area is 140 Å². The Morgan fingerprint density at radius 3 is 1.00 bits per heavy atom. The molecule has 102 valence electrons. The molecule has 2 rings (SSSR count). The Bertz CT molecular complexity index is 423. The molecule has 0 bridgehead atoms. The molecule has 19 heavy (non-hydrogen) atoms. The van der Waals surface area contributed by atoms with E-state index in [0.717, 1.165) is 0 Å². The van der Waals surface area contributed by atoms with Gasteiger partial charge in [-0.25, -0.2) is 11.1 Å². The Balaban J connectivity index is 0.000000324. The summed E-state index contributed by atoms with van der Waals surface area (Å²) in [6.07, 6.45) is 6.84. The van der Waals surface area contributed by atoms with Crippen LogP contribution in [0.25, 0.3) is 0 Å². The molecule has 0 aliphatic heterocycles. The number of hydrogen-bond acceptors (Lipinski definition) is 0. The average Bonchev–Trinajstić information content (AvgIpc) is 2.66. The molecule has 0 radical (unpaired) electrons. The molecule has 2 unspecified atom stereocenters. The monoisotopic (exact) mass is 322 g/mol. The maximum atomic E-state index is 3.42. The summed E-state index contributed by atoms with van der Waals surface area (Å²) in [5.74, 6) is 0. The summed E-state index contributed by atoms with van der Waals surface area (Å²) in [4.78, 5) is 0. The molecule has 0 aromatic rings. The fourth-order valence-electron chi connectivity index (χ4n) is 2.32. The van der Waals surface area contributed by atoms with Crippen LogP contribution in [-0.4, -0.2) is 20.5 Å². The smallest absolute Gasteiger partial charge is 0.270 e. The van der Waals surface area contributed by atoms with E-state index in [4.69, 9.17) is 0 Å². The van der Waals surface area contributed by atoms with Crippen LogP contribution in [0.5, 0.6) is 0 Å². The van der Waals surface area contributed by atoms with Crippen molar-refractivity contribution in [3.8, 4) is 0 Å². The first-order chi connectivity index (χ1) is 8.25. The Morgan fingerprint density at radius 2 is 0.947 bits per heavy atom. The first kappa shape index (κ1) is 19.1. The SMILES string of the molecule is CC1=[C-]C([SiH3])C(C)=C1C.CC1=[C-]C([SiH3])C(C)=C1C.[Ti+2]. The zero-order valence-electron chi connectivity index (χ0n) is 13.7. The van der Waals surface area contributed by atoms with Gasteiger partial charge in [0.15, 0.2) is 0 Å². The Kier molecular flexibility index (Phi) is 7.82. The molecule has 0 spiro atoms. The summed E-state index contributed by atoms with van der Waals surface area (Å²) < 4.78 is 0. The van der Waals surface area contributed by atoms with E-state index in [1.54, 1.807) is 11.1 Å². The fourth-order valence-corrected chi connectivity index (χ4v) is 4.06. The van der Waals surface area contributed by atoms with Gasteiger partial charge in [0.2, 0.25) is 0 Å². The van der Waals surface area contributed by atoms with Crippen LogP contribution < -0.4 is 0 Å². The van der Waals surface area contributed by atoms with Gasteiger partial charge >= 0.3 is 21.7 Å². The first-order valence-electron chi connectivity index (χ1n) is 6.81. The van der Waals surface area contributed by atoms with Crippen molar-refractivity contribution in [3.63, 3.8) is 0 Å². The molecule has 0 saturated heterocycles. The van der Waals surface area contributed by atoms with E-state index in [2.05, 4.69) is 53.7 Å². The van der Waals surface area contributed by atoms with E-state index < -0.39 is 0 Å². The zero-order chi connectivity index (χ0) is 14.0. The maximum absolute atomic E-state index is 3.42. The van der Waals surface area contributed by atoms with E-state index in [1.807, 2.05) is 0 Å². The maximum Gasteiger partial charge on any atom is 2.00 e. The van der Waals surface area contributed by atoms with Crippen molar-refractivity contribution in [1.29, 1.82) is 0 Å². The summed E-state index contributed by atoms with van der Waals surface area (Å²) in [5.41, 5.74) is 10.2. The molecule has 2 aliphatic carbocycles. The summed E-state index contributed by atoms with van der Waals surface area (Å²) in [6.45, 7) is 13.1. The minimum absolute atomic E-state index is 0. The van der Waals surface area contributed by atoms with Gasteiger partial charge in [0, 0.05) is 0 Å². The van der Waals surface area contributed by atoms with Crippen LogP contribution in [-0.2, 0) is 21.7 Å². The Hall–Kier alpha value is 0.108. The van der Waals surface area contributed by atoms with Crippen molar-refractivity contribution >= 4 is 20.5 Å². The topological polar surface area (TPSA) is 0 Å². The van der Waals surface area contributed by atoms with Crippen molar-refractivity contribution in [3.05, 3.63) is 45.6 Å². The van der Waals surface area contributed by atoms with E-state index in [1.165, 1.54) is 42.8 Å². The number of allylic oxidation sites excluding steroid dienone is 8. The van der Waals surface area contributed by atoms with Crippen LogP contribution in [0.4, 0.5) is 0 Å². The van der Waals surface area contributed by atoms with Crippen molar-refractivity contribution in [1.82, 2.24) is 0 Å². The average molecular weight is 322 g/mol. The number of rotatable bonds is 0. The minimum Gasteiger partial charge on any atom is -0.270 e. The normalized spacial score (nSPS) is 26.0. The minimum atomic E-state index is 0. The molecule has 0 aromatic heterocycles. The third-order valence-electron chi connectivity index (χ3n) is 4.47. The molecule has 0 fully saturated rings. The van der Waals surface area contributed by atoms with E-state index >= 15 is 0 Å². The Morgan fingerprint density at radius 1 is 0.684 bits per heavy atom. The molecular weight excluding hydrogens is 296 g/mol. The van der Waals surface area contributed by atoms with E-state index in [0.29, 0.717) is 11.1 Å².